The largest absolute Gasteiger partial charge is 0.489 e. The number of hydrogen-bond donors (Lipinski definition) is 1. The molecule has 0 bridgehead atoms. The highest BCUT2D eigenvalue weighted by molar-refractivity contribution is 9.10. The molecule has 1 aromatic rings. The van der Waals surface area contributed by atoms with Crippen molar-refractivity contribution in [3.8, 4) is 11.5 Å². The minimum Gasteiger partial charge on any atom is -0.489 e. The molecule has 5 heteroatoms. The Labute approximate surface area is 140 Å². The van der Waals surface area contributed by atoms with Crippen molar-refractivity contribution in [2.24, 2.45) is 17.1 Å². The lowest BCUT2D eigenvalue weighted by Gasteiger charge is -2.22. The molecule has 1 saturated carbocycles. The molecule has 1 spiro atoms. The normalized spacial score (nSPS) is 29.6. The molecule has 120 valence electrons. The van der Waals surface area contributed by atoms with Crippen LogP contribution in [-0.2, 0) is 0 Å². The molecular weight excluding hydrogens is 344 g/mol. The highest BCUT2D eigenvalue weighted by atomic mass is 79.9. The van der Waals surface area contributed by atoms with Crippen LogP contribution in [0.25, 0.3) is 0 Å². The van der Waals surface area contributed by atoms with Gasteiger partial charge in [0.1, 0.15) is 0 Å². The molecule has 2 atom stereocenters. The van der Waals surface area contributed by atoms with E-state index >= 15 is 0 Å². The minimum atomic E-state index is 0.278. The Morgan fingerprint density at radius 3 is 2.55 bits per heavy atom. The zero-order valence-electron chi connectivity index (χ0n) is 13.0. The standard InChI is InChI=1S/C17H23BrN2O2/c1-20-8-11(7-19)4-14(20)12-5-15-16(6-13(12)18)22-10-17(2-3-17)9-21-15/h5-6,11,14H,2-4,7-10,19H2,1H3. The number of hydrogen-bond acceptors (Lipinski definition) is 4. The summed E-state index contributed by atoms with van der Waals surface area (Å²) in [6.45, 7) is 3.38. The molecule has 2 heterocycles. The van der Waals surface area contributed by atoms with Crippen LogP contribution in [0.3, 0.4) is 0 Å². The molecule has 2 N–H and O–H groups in total. The van der Waals surface area contributed by atoms with Crippen LogP contribution >= 0.6 is 15.9 Å². The first-order valence-electron chi connectivity index (χ1n) is 8.10. The van der Waals surface area contributed by atoms with Gasteiger partial charge in [0.05, 0.1) is 13.2 Å². The average Bonchev–Trinajstić information content (AvgIpc) is 3.23. The van der Waals surface area contributed by atoms with Gasteiger partial charge in [-0.3, -0.25) is 4.90 Å². The molecule has 1 aromatic carbocycles. The van der Waals surface area contributed by atoms with Gasteiger partial charge < -0.3 is 15.2 Å². The van der Waals surface area contributed by atoms with E-state index in [2.05, 4.69) is 40.0 Å². The van der Waals surface area contributed by atoms with Gasteiger partial charge in [0.2, 0.25) is 0 Å². The monoisotopic (exact) mass is 366 g/mol. The molecular formula is C17H23BrN2O2. The summed E-state index contributed by atoms with van der Waals surface area (Å²) >= 11 is 3.73. The van der Waals surface area contributed by atoms with E-state index in [1.54, 1.807) is 0 Å². The third kappa shape index (κ3) is 2.53. The molecule has 2 fully saturated rings. The maximum Gasteiger partial charge on any atom is 0.162 e. The second kappa shape index (κ2) is 5.39. The molecule has 1 saturated heterocycles. The van der Waals surface area contributed by atoms with Gasteiger partial charge in [-0.25, -0.2) is 0 Å². The van der Waals surface area contributed by atoms with Crippen molar-refractivity contribution < 1.29 is 9.47 Å². The molecule has 2 unspecified atom stereocenters. The fourth-order valence-corrected chi connectivity index (χ4v) is 4.23. The SMILES string of the molecule is CN1CC(CN)CC1c1cc2c(cc1Br)OCC1(CC1)CO2. The van der Waals surface area contributed by atoms with Crippen LogP contribution in [0.15, 0.2) is 16.6 Å². The van der Waals surface area contributed by atoms with Gasteiger partial charge in [0, 0.05) is 22.5 Å². The van der Waals surface area contributed by atoms with Gasteiger partial charge in [-0.15, -0.1) is 0 Å². The van der Waals surface area contributed by atoms with Crippen LogP contribution in [0.2, 0.25) is 0 Å². The first-order chi connectivity index (χ1) is 10.6. The fourth-order valence-electron chi connectivity index (χ4n) is 3.64. The summed E-state index contributed by atoms with van der Waals surface area (Å²) in [5, 5.41) is 0. The second-order valence-electron chi connectivity index (χ2n) is 7.19. The Morgan fingerprint density at radius 2 is 1.95 bits per heavy atom. The molecule has 4 rings (SSSR count). The Bertz CT molecular complexity index is 588. The number of ether oxygens (including phenoxy) is 2. The number of nitrogens with two attached hydrogens (primary N) is 1. The molecule has 0 aromatic heterocycles. The molecule has 4 nitrogen and oxygen atoms in total. The predicted molar refractivity (Wildman–Crippen MR) is 89.3 cm³/mol. The number of likely N-dealkylation sites (tertiary alicyclic amines) is 1. The first kappa shape index (κ1) is 14.8. The van der Waals surface area contributed by atoms with E-state index in [0.29, 0.717) is 12.0 Å². The van der Waals surface area contributed by atoms with E-state index in [-0.39, 0.29) is 5.41 Å². The van der Waals surface area contributed by atoms with Gasteiger partial charge in [-0.2, -0.15) is 0 Å². The Kier molecular flexibility index (Phi) is 3.62. The summed E-state index contributed by atoms with van der Waals surface area (Å²) in [6.07, 6.45) is 3.55. The van der Waals surface area contributed by atoms with Gasteiger partial charge >= 0.3 is 0 Å². The van der Waals surface area contributed by atoms with E-state index in [9.17, 15) is 0 Å². The maximum absolute atomic E-state index is 6.08. The molecule has 2 aliphatic heterocycles. The highest BCUT2D eigenvalue weighted by Crippen LogP contribution is 2.50. The smallest absolute Gasteiger partial charge is 0.162 e. The first-order valence-corrected chi connectivity index (χ1v) is 8.89. The fraction of sp³-hybridized carbons (Fsp3) is 0.647. The molecule has 0 radical (unpaired) electrons. The zero-order valence-corrected chi connectivity index (χ0v) is 14.6. The van der Waals surface area contributed by atoms with Crippen molar-refractivity contribution in [1.29, 1.82) is 0 Å². The van der Waals surface area contributed by atoms with Crippen LogP contribution in [0.4, 0.5) is 0 Å². The van der Waals surface area contributed by atoms with Crippen LogP contribution < -0.4 is 15.2 Å². The van der Waals surface area contributed by atoms with E-state index < -0.39 is 0 Å². The van der Waals surface area contributed by atoms with Gasteiger partial charge in [-0.1, -0.05) is 15.9 Å². The van der Waals surface area contributed by atoms with Crippen molar-refractivity contribution in [1.82, 2.24) is 4.90 Å². The molecule has 0 amide bonds. The maximum atomic E-state index is 6.08. The summed E-state index contributed by atoms with van der Waals surface area (Å²) in [6, 6.07) is 4.64. The van der Waals surface area contributed by atoms with E-state index in [1.165, 1.54) is 18.4 Å². The van der Waals surface area contributed by atoms with Crippen molar-refractivity contribution in [3.63, 3.8) is 0 Å². The van der Waals surface area contributed by atoms with Gasteiger partial charge in [-0.05, 0) is 56.5 Å². The third-order valence-corrected chi connectivity index (χ3v) is 6.10. The van der Waals surface area contributed by atoms with Crippen molar-refractivity contribution in [2.45, 2.75) is 25.3 Å². The number of fused-ring (bicyclic) bond motifs is 1. The number of halogens is 1. The van der Waals surface area contributed by atoms with Gasteiger partial charge in [0.15, 0.2) is 11.5 Å². The molecule has 3 aliphatic rings. The molecule has 1 aliphatic carbocycles. The molecule has 22 heavy (non-hydrogen) atoms. The van der Waals surface area contributed by atoms with E-state index in [4.69, 9.17) is 15.2 Å². The highest BCUT2D eigenvalue weighted by Gasteiger charge is 2.46. The van der Waals surface area contributed by atoms with Crippen molar-refractivity contribution in [2.75, 3.05) is 33.4 Å². The zero-order chi connectivity index (χ0) is 15.3. The Hall–Kier alpha value is -0.780. The average molecular weight is 367 g/mol. The third-order valence-electron chi connectivity index (χ3n) is 5.42. The Balaban J connectivity index is 1.63. The number of nitrogens with zero attached hydrogens (tertiary/aromatic N) is 1. The van der Waals surface area contributed by atoms with E-state index in [1.807, 2.05) is 0 Å². The van der Waals surface area contributed by atoms with Crippen molar-refractivity contribution >= 4 is 15.9 Å². The topological polar surface area (TPSA) is 47.7 Å². The lowest BCUT2D eigenvalue weighted by molar-refractivity contribution is 0.197. The second-order valence-corrected chi connectivity index (χ2v) is 8.04. The summed E-state index contributed by atoms with van der Waals surface area (Å²) in [4.78, 5) is 2.39. The van der Waals surface area contributed by atoms with Crippen LogP contribution in [0.5, 0.6) is 11.5 Å². The quantitative estimate of drug-likeness (QED) is 0.873. The summed E-state index contributed by atoms with van der Waals surface area (Å²) in [5.74, 6) is 2.34. The van der Waals surface area contributed by atoms with Crippen LogP contribution in [0, 0.1) is 11.3 Å². The minimum absolute atomic E-state index is 0.278. The lowest BCUT2D eigenvalue weighted by atomic mass is 9.99. The van der Waals surface area contributed by atoms with Crippen molar-refractivity contribution in [3.05, 3.63) is 22.2 Å². The lowest BCUT2D eigenvalue weighted by Crippen LogP contribution is -2.20. The number of rotatable bonds is 2. The van der Waals surface area contributed by atoms with E-state index in [0.717, 1.165) is 48.7 Å². The predicted octanol–water partition coefficient (Wildman–Crippen LogP) is 2.95. The number of benzene rings is 1. The Morgan fingerprint density at radius 1 is 1.27 bits per heavy atom. The van der Waals surface area contributed by atoms with Crippen LogP contribution in [0.1, 0.15) is 30.9 Å². The van der Waals surface area contributed by atoms with Crippen LogP contribution in [-0.4, -0.2) is 38.3 Å². The summed E-state index contributed by atoms with van der Waals surface area (Å²) < 4.78 is 13.2. The summed E-state index contributed by atoms with van der Waals surface area (Å²) in [5.41, 5.74) is 7.42. The van der Waals surface area contributed by atoms with Gasteiger partial charge in [0.25, 0.3) is 0 Å². The summed E-state index contributed by atoms with van der Waals surface area (Å²) in [7, 11) is 2.18.